The van der Waals surface area contributed by atoms with Crippen LogP contribution in [0.3, 0.4) is 0 Å². The molecule has 0 aliphatic heterocycles. The molecule has 5 nitrogen and oxygen atoms in total. The second-order valence-electron chi connectivity index (χ2n) is 5.01. The summed E-state index contributed by atoms with van der Waals surface area (Å²) < 4.78 is 16.6. The van der Waals surface area contributed by atoms with Crippen LogP contribution < -0.4 is 9.47 Å². The molecule has 0 N–H and O–H groups in total. The third-order valence-electron chi connectivity index (χ3n) is 3.32. The van der Waals surface area contributed by atoms with E-state index in [1.165, 1.54) is 0 Å². The number of ether oxygens (including phenoxy) is 2. The van der Waals surface area contributed by atoms with Gasteiger partial charge in [0.2, 0.25) is 5.89 Å². The van der Waals surface area contributed by atoms with Crippen LogP contribution >= 0.6 is 23.2 Å². The van der Waals surface area contributed by atoms with Gasteiger partial charge in [-0.05, 0) is 49.4 Å². The van der Waals surface area contributed by atoms with E-state index in [9.17, 15) is 0 Å². The Balaban J connectivity index is 1.76. The molecule has 3 rings (SSSR count). The molecule has 0 amide bonds. The molecule has 0 unspecified atom stereocenters. The number of hydrogen-bond acceptors (Lipinski definition) is 5. The topological polar surface area (TPSA) is 57.4 Å². The van der Waals surface area contributed by atoms with Crippen LogP contribution in [-0.4, -0.2) is 17.3 Å². The van der Waals surface area contributed by atoms with Crippen molar-refractivity contribution in [1.82, 2.24) is 10.2 Å². The summed E-state index contributed by atoms with van der Waals surface area (Å²) in [6.45, 7) is 1.80. The minimum Gasteiger partial charge on any atom is -0.497 e. The number of methoxy groups -OCH3 is 1. The highest BCUT2D eigenvalue weighted by molar-refractivity contribution is 6.35. The number of nitrogens with zero attached hydrogens (tertiary/aromatic N) is 2. The molecule has 0 aliphatic carbocycles. The zero-order valence-corrected chi connectivity index (χ0v) is 14.5. The molecule has 0 aliphatic rings. The lowest BCUT2D eigenvalue weighted by molar-refractivity contribution is 0.190. The average Bonchev–Trinajstić information content (AvgIpc) is 3.07. The van der Waals surface area contributed by atoms with Crippen molar-refractivity contribution in [1.29, 1.82) is 0 Å². The fourth-order valence-electron chi connectivity index (χ4n) is 2.06. The van der Waals surface area contributed by atoms with Gasteiger partial charge in [-0.1, -0.05) is 23.2 Å². The maximum absolute atomic E-state index is 6.10. The van der Waals surface area contributed by atoms with Crippen molar-refractivity contribution in [3.63, 3.8) is 0 Å². The highest BCUT2D eigenvalue weighted by Gasteiger charge is 2.18. The van der Waals surface area contributed by atoms with Crippen molar-refractivity contribution in [3.05, 3.63) is 58.4 Å². The first kappa shape index (κ1) is 16.6. The van der Waals surface area contributed by atoms with Gasteiger partial charge in [0.1, 0.15) is 11.5 Å². The van der Waals surface area contributed by atoms with E-state index in [2.05, 4.69) is 10.2 Å². The number of aromatic nitrogens is 2. The molecule has 1 aromatic heterocycles. The number of halogens is 2. The first-order valence-corrected chi connectivity index (χ1v) is 7.92. The maximum atomic E-state index is 6.10. The Labute approximate surface area is 149 Å². The normalized spacial score (nSPS) is 12.0. The summed E-state index contributed by atoms with van der Waals surface area (Å²) in [5.74, 6) is 2.02. The van der Waals surface area contributed by atoms with Gasteiger partial charge in [0, 0.05) is 10.6 Å². The van der Waals surface area contributed by atoms with Gasteiger partial charge in [-0.2, -0.15) is 0 Å². The van der Waals surface area contributed by atoms with Crippen LogP contribution in [0.25, 0.3) is 11.5 Å². The number of rotatable bonds is 5. The zero-order chi connectivity index (χ0) is 17.1. The SMILES string of the molecule is COc1ccc(-c2nnc([C@H](C)Oc3ccc(Cl)cc3Cl)o2)cc1. The maximum Gasteiger partial charge on any atom is 0.257 e. The second kappa shape index (κ2) is 7.11. The molecule has 1 atom stereocenters. The summed E-state index contributed by atoms with van der Waals surface area (Å²) in [6.07, 6.45) is -0.455. The molecule has 124 valence electrons. The molecule has 0 fully saturated rings. The van der Waals surface area contributed by atoms with Gasteiger partial charge in [-0.3, -0.25) is 0 Å². The Morgan fingerprint density at radius 3 is 2.46 bits per heavy atom. The van der Waals surface area contributed by atoms with Crippen molar-refractivity contribution in [2.45, 2.75) is 13.0 Å². The van der Waals surface area contributed by atoms with Gasteiger partial charge in [0.15, 0.2) is 6.10 Å². The number of hydrogen-bond donors (Lipinski definition) is 0. The fourth-order valence-corrected chi connectivity index (χ4v) is 2.51. The lowest BCUT2D eigenvalue weighted by Gasteiger charge is -2.12. The number of benzene rings is 2. The van der Waals surface area contributed by atoms with E-state index < -0.39 is 6.10 Å². The summed E-state index contributed by atoms with van der Waals surface area (Å²) in [5, 5.41) is 9.05. The predicted octanol–water partition coefficient (Wildman–Crippen LogP) is 5.19. The molecule has 0 saturated carbocycles. The monoisotopic (exact) mass is 364 g/mol. The van der Waals surface area contributed by atoms with Crippen molar-refractivity contribution < 1.29 is 13.9 Å². The standard InChI is InChI=1S/C17H14Cl2N2O3/c1-10(23-15-8-5-12(18)9-14(15)19)16-20-21-17(24-16)11-3-6-13(22-2)7-4-11/h3-10H,1-2H3/t10-/m0/s1. The van der Waals surface area contributed by atoms with E-state index in [4.69, 9.17) is 37.1 Å². The first-order chi connectivity index (χ1) is 11.6. The Bertz CT molecular complexity index is 834. The third-order valence-corrected chi connectivity index (χ3v) is 3.85. The summed E-state index contributed by atoms with van der Waals surface area (Å²) in [4.78, 5) is 0. The van der Waals surface area contributed by atoms with E-state index in [0.29, 0.717) is 27.6 Å². The molecule has 0 radical (unpaired) electrons. The van der Waals surface area contributed by atoms with Crippen molar-refractivity contribution >= 4 is 23.2 Å². The predicted molar refractivity (Wildman–Crippen MR) is 91.8 cm³/mol. The zero-order valence-electron chi connectivity index (χ0n) is 13.0. The third kappa shape index (κ3) is 3.63. The van der Waals surface area contributed by atoms with Crippen LogP contribution in [0.15, 0.2) is 46.9 Å². The minimum atomic E-state index is -0.455. The van der Waals surface area contributed by atoms with Crippen LogP contribution in [0.2, 0.25) is 10.0 Å². The lowest BCUT2D eigenvalue weighted by Crippen LogP contribution is -2.03. The van der Waals surface area contributed by atoms with Crippen LogP contribution in [0, 0.1) is 0 Å². The molecular formula is C17H14Cl2N2O3. The van der Waals surface area contributed by atoms with Crippen molar-refractivity contribution in [2.24, 2.45) is 0 Å². The van der Waals surface area contributed by atoms with Gasteiger partial charge >= 0.3 is 0 Å². The van der Waals surface area contributed by atoms with E-state index in [0.717, 1.165) is 11.3 Å². The molecule has 0 saturated heterocycles. The highest BCUT2D eigenvalue weighted by Crippen LogP contribution is 2.31. The highest BCUT2D eigenvalue weighted by atomic mass is 35.5. The van der Waals surface area contributed by atoms with Gasteiger partial charge < -0.3 is 13.9 Å². The molecular weight excluding hydrogens is 351 g/mol. The Kier molecular flexibility index (Phi) is 4.92. The van der Waals surface area contributed by atoms with Crippen LogP contribution in [0.5, 0.6) is 11.5 Å². The summed E-state index contributed by atoms with van der Waals surface area (Å²) in [7, 11) is 1.61. The Hall–Kier alpha value is -2.24. The fraction of sp³-hybridized carbons (Fsp3) is 0.176. The summed E-state index contributed by atoms with van der Waals surface area (Å²) in [5.41, 5.74) is 0.797. The van der Waals surface area contributed by atoms with Gasteiger partial charge in [-0.15, -0.1) is 10.2 Å². The van der Waals surface area contributed by atoms with Crippen molar-refractivity contribution in [3.8, 4) is 23.0 Å². The Morgan fingerprint density at radius 1 is 1.04 bits per heavy atom. The molecule has 3 aromatic rings. The quantitative estimate of drug-likeness (QED) is 0.623. The van der Waals surface area contributed by atoms with Crippen LogP contribution in [0.4, 0.5) is 0 Å². The first-order valence-electron chi connectivity index (χ1n) is 7.16. The minimum absolute atomic E-state index is 0.354. The second-order valence-corrected chi connectivity index (χ2v) is 5.85. The summed E-state index contributed by atoms with van der Waals surface area (Å²) >= 11 is 12.0. The molecule has 24 heavy (non-hydrogen) atoms. The van der Waals surface area contributed by atoms with Gasteiger partial charge in [0.05, 0.1) is 12.1 Å². The van der Waals surface area contributed by atoms with Gasteiger partial charge in [0.25, 0.3) is 5.89 Å². The van der Waals surface area contributed by atoms with E-state index in [-0.39, 0.29) is 0 Å². The van der Waals surface area contributed by atoms with Crippen LogP contribution in [0.1, 0.15) is 18.9 Å². The molecule has 1 heterocycles. The average molecular weight is 365 g/mol. The largest absolute Gasteiger partial charge is 0.497 e. The summed E-state index contributed by atoms with van der Waals surface area (Å²) in [6, 6.07) is 12.4. The molecule has 7 heteroatoms. The van der Waals surface area contributed by atoms with E-state index >= 15 is 0 Å². The van der Waals surface area contributed by atoms with E-state index in [1.54, 1.807) is 32.2 Å². The van der Waals surface area contributed by atoms with Crippen LogP contribution in [-0.2, 0) is 0 Å². The molecule has 2 aromatic carbocycles. The van der Waals surface area contributed by atoms with E-state index in [1.807, 2.05) is 24.3 Å². The van der Waals surface area contributed by atoms with Crippen molar-refractivity contribution in [2.75, 3.05) is 7.11 Å². The smallest absolute Gasteiger partial charge is 0.257 e. The van der Waals surface area contributed by atoms with Gasteiger partial charge in [-0.25, -0.2) is 0 Å². The Morgan fingerprint density at radius 2 is 1.79 bits per heavy atom. The lowest BCUT2D eigenvalue weighted by atomic mass is 10.2. The molecule has 0 spiro atoms. The molecule has 0 bridgehead atoms.